The van der Waals surface area contributed by atoms with Crippen molar-refractivity contribution in [1.29, 1.82) is 0 Å². The van der Waals surface area contributed by atoms with E-state index in [1.807, 2.05) is 26.0 Å². The van der Waals surface area contributed by atoms with Gasteiger partial charge >= 0.3 is 0 Å². The molecule has 0 spiro atoms. The normalized spacial score (nSPS) is 10.6. The first-order valence-corrected chi connectivity index (χ1v) is 7.41. The average molecular weight is 324 g/mol. The van der Waals surface area contributed by atoms with Crippen molar-refractivity contribution >= 4 is 11.4 Å². The van der Waals surface area contributed by atoms with Gasteiger partial charge in [0.15, 0.2) is 0 Å². The van der Waals surface area contributed by atoms with Crippen molar-refractivity contribution in [3.05, 3.63) is 69.6 Å². The molecule has 0 saturated heterocycles. The van der Waals surface area contributed by atoms with Gasteiger partial charge in [-0.3, -0.25) is 10.1 Å². The summed E-state index contributed by atoms with van der Waals surface area (Å²) in [6, 6.07) is 12.3. The molecule has 0 atom stereocenters. The van der Waals surface area contributed by atoms with Gasteiger partial charge in [0.25, 0.3) is 5.69 Å². The third kappa shape index (κ3) is 3.40. The Morgan fingerprint density at radius 2 is 2.04 bits per heavy atom. The van der Waals surface area contributed by atoms with Crippen LogP contribution >= 0.6 is 0 Å². The van der Waals surface area contributed by atoms with Crippen molar-refractivity contribution in [2.45, 2.75) is 20.4 Å². The average Bonchev–Trinajstić information content (AvgIpc) is 3.03. The fourth-order valence-corrected chi connectivity index (χ4v) is 2.39. The van der Waals surface area contributed by atoms with Crippen molar-refractivity contribution in [2.75, 3.05) is 5.32 Å². The lowest BCUT2D eigenvalue weighted by molar-refractivity contribution is -0.384. The van der Waals surface area contributed by atoms with Gasteiger partial charge in [0, 0.05) is 23.4 Å². The van der Waals surface area contributed by atoms with Crippen LogP contribution in [0.15, 0.2) is 47.0 Å². The second-order valence-electron chi connectivity index (χ2n) is 5.49. The maximum Gasteiger partial charge on any atom is 0.270 e. The van der Waals surface area contributed by atoms with Crippen molar-refractivity contribution in [3.8, 4) is 11.4 Å². The molecule has 7 nitrogen and oxygen atoms in total. The molecular weight excluding hydrogens is 308 g/mol. The van der Waals surface area contributed by atoms with Gasteiger partial charge in [0.05, 0.1) is 11.5 Å². The van der Waals surface area contributed by atoms with E-state index < -0.39 is 4.92 Å². The highest BCUT2D eigenvalue weighted by Crippen LogP contribution is 2.22. The smallest absolute Gasteiger partial charge is 0.270 e. The minimum absolute atomic E-state index is 0.00717. The van der Waals surface area contributed by atoms with E-state index in [-0.39, 0.29) is 5.69 Å². The molecule has 0 aliphatic rings. The number of rotatable bonds is 5. The molecule has 0 fully saturated rings. The number of hydrogen-bond donors (Lipinski definition) is 1. The topological polar surface area (TPSA) is 94.1 Å². The van der Waals surface area contributed by atoms with Gasteiger partial charge in [-0.1, -0.05) is 35.0 Å². The van der Waals surface area contributed by atoms with E-state index in [0.29, 0.717) is 23.8 Å². The Morgan fingerprint density at radius 3 is 2.79 bits per heavy atom. The lowest BCUT2D eigenvalue weighted by atomic mass is 10.1. The molecule has 0 aliphatic heterocycles. The summed E-state index contributed by atoms with van der Waals surface area (Å²) in [5, 5.41) is 18.0. The van der Waals surface area contributed by atoms with Crippen LogP contribution in [0.1, 0.15) is 17.0 Å². The molecular formula is C17H16N4O3. The van der Waals surface area contributed by atoms with Crippen LogP contribution in [0.25, 0.3) is 11.4 Å². The molecule has 0 bridgehead atoms. The molecule has 7 heteroatoms. The van der Waals surface area contributed by atoms with Crippen molar-refractivity contribution in [2.24, 2.45) is 0 Å². The summed E-state index contributed by atoms with van der Waals surface area (Å²) in [6.45, 7) is 4.45. The Hall–Kier alpha value is -3.22. The van der Waals surface area contributed by atoms with Gasteiger partial charge in [0.2, 0.25) is 11.7 Å². The van der Waals surface area contributed by atoms with E-state index in [1.54, 1.807) is 12.1 Å². The van der Waals surface area contributed by atoms with Crippen LogP contribution in [0.4, 0.5) is 11.4 Å². The van der Waals surface area contributed by atoms with Gasteiger partial charge in [-0.25, -0.2) is 0 Å². The number of hydrogen-bond acceptors (Lipinski definition) is 6. The second kappa shape index (κ2) is 6.49. The summed E-state index contributed by atoms with van der Waals surface area (Å²) in [4.78, 5) is 14.7. The maximum absolute atomic E-state index is 10.8. The fourth-order valence-electron chi connectivity index (χ4n) is 2.39. The molecule has 1 heterocycles. The number of aromatic nitrogens is 2. The number of benzene rings is 2. The van der Waals surface area contributed by atoms with Crippen molar-refractivity contribution < 1.29 is 9.45 Å². The van der Waals surface area contributed by atoms with Gasteiger partial charge in [-0.15, -0.1) is 0 Å². The molecule has 1 N–H and O–H groups in total. The quantitative estimate of drug-likeness (QED) is 0.565. The summed E-state index contributed by atoms with van der Waals surface area (Å²) in [6.07, 6.45) is 0. The van der Waals surface area contributed by atoms with Gasteiger partial charge in [0.1, 0.15) is 0 Å². The monoisotopic (exact) mass is 324 g/mol. The van der Waals surface area contributed by atoms with Gasteiger partial charge in [-0.05, 0) is 25.5 Å². The molecule has 0 radical (unpaired) electrons. The highest BCUT2D eigenvalue weighted by molar-refractivity contribution is 5.58. The molecule has 24 heavy (non-hydrogen) atoms. The number of anilines is 1. The lowest BCUT2D eigenvalue weighted by Crippen LogP contribution is -2.01. The number of nitrogens with zero attached hydrogens (tertiary/aromatic N) is 3. The van der Waals surface area contributed by atoms with Crippen LogP contribution in [-0.2, 0) is 6.54 Å². The third-order valence-corrected chi connectivity index (χ3v) is 3.60. The minimum atomic E-state index is -0.452. The first-order chi connectivity index (χ1) is 11.5. The molecule has 0 saturated carbocycles. The van der Waals surface area contributed by atoms with Crippen LogP contribution in [0.5, 0.6) is 0 Å². The zero-order chi connectivity index (χ0) is 17.1. The zero-order valence-corrected chi connectivity index (χ0v) is 13.3. The predicted octanol–water partition coefficient (Wildman–Crippen LogP) is 3.87. The van der Waals surface area contributed by atoms with Crippen LogP contribution in [0.2, 0.25) is 0 Å². The van der Waals surface area contributed by atoms with Crippen LogP contribution in [-0.4, -0.2) is 15.1 Å². The molecule has 0 amide bonds. The number of nitro groups is 1. The van der Waals surface area contributed by atoms with Crippen LogP contribution in [0, 0.1) is 24.0 Å². The lowest BCUT2D eigenvalue weighted by Gasteiger charge is -2.07. The SMILES string of the molecule is Cc1ccc(NCc2nc(-c3cccc([N+](=O)[O-])c3)no2)c(C)c1. The molecule has 1 aromatic heterocycles. The van der Waals surface area contributed by atoms with Crippen molar-refractivity contribution in [3.63, 3.8) is 0 Å². The van der Waals surface area contributed by atoms with E-state index in [4.69, 9.17) is 4.52 Å². The Morgan fingerprint density at radius 1 is 1.21 bits per heavy atom. The largest absolute Gasteiger partial charge is 0.376 e. The van der Waals surface area contributed by atoms with E-state index >= 15 is 0 Å². The summed E-state index contributed by atoms with van der Waals surface area (Å²) in [5.41, 5.74) is 3.87. The molecule has 2 aromatic carbocycles. The standard InChI is InChI=1S/C17H16N4O3/c1-11-6-7-15(12(2)8-11)18-10-16-19-17(20-24-16)13-4-3-5-14(9-13)21(22)23/h3-9,18H,10H2,1-2H3. The van der Waals surface area contributed by atoms with Gasteiger partial charge in [-0.2, -0.15) is 4.98 Å². The first kappa shape index (κ1) is 15.7. The highest BCUT2D eigenvalue weighted by Gasteiger charge is 2.12. The van der Waals surface area contributed by atoms with Crippen LogP contribution < -0.4 is 5.32 Å². The molecule has 122 valence electrons. The maximum atomic E-state index is 10.8. The summed E-state index contributed by atoms with van der Waals surface area (Å²) in [7, 11) is 0. The first-order valence-electron chi connectivity index (χ1n) is 7.41. The molecule has 3 rings (SSSR count). The van der Waals surface area contributed by atoms with E-state index in [9.17, 15) is 10.1 Å². The van der Waals surface area contributed by atoms with Gasteiger partial charge < -0.3 is 9.84 Å². The van der Waals surface area contributed by atoms with Crippen molar-refractivity contribution in [1.82, 2.24) is 10.1 Å². The fraction of sp³-hybridized carbons (Fsp3) is 0.176. The van der Waals surface area contributed by atoms with E-state index in [1.165, 1.54) is 17.7 Å². The van der Waals surface area contributed by atoms with E-state index in [2.05, 4.69) is 21.5 Å². The Labute approximate surface area is 138 Å². The number of non-ortho nitro benzene ring substituents is 1. The summed E-state index contributed by atoms with van der Waals surface area (Å²) in [5.74, 6) is 0.743. The predicted molar refractivity (Wildman–Crippen MR) is 89.6 cm³/mol. The molecule has 3 aromatic rings. The summed E-state index contributed by atoms with van der Waals surface area (Å²) >= 11 is 0. The van der Waals surface area contributed by atoms with Crippen LogP contribution in [0.3, 0.4) is 0 Å². The zero-order valence-electron chi connectivity index (χ0n) is 13.3. The Balaban J connectivity index is 1.74. The molecule has 0 unspecified atom stereocenters. The highest BCUT2D eigenvalue weighted by atomic mass is 16.6. The third-order valence-electron chi connectivity index (χ3n) is 3.60. The van der Waals surface area contributed by atoms with E-state index in [0.717, 1.165) is 11.3 Å². The molecule has 0 aliphatic carbocycles. The minimum Gasteiger partial charge on any atom is -0.376 e. The Bertz CT molecular complexity index is 889. The Kier molecular flexibility index (Phi) is 4.24. The number of aryl methyl sites for hydroxylation is 2. The second-order valence-corrected chi connectivity index (χ2v) is 5.49. The summed E-state index contributed by atoms with van der Waals surface area (Å²) < 4.78 is 5.21. The number of nitrogens with one attached hydrogen (secondary N) is 1. The number of nitro benzene ring substituents is 1.